The number of nitro groups is 1. The standard InChI is InChI=1S/C11H18N4O3/c1-14(6-7-18-2)8-9-4-3-5-10(15(16)17)11(9)13-12/h3-5,13H,6-8,12H2,1-2H3. The highest BCUT2D eigenvalue weighted by Crippen LogP contribution is 2.27. The highest BCUT2D eigenvalue weighted by molar-refractivity contribution is 5.65. The number of hydrazine groups is 1. The van der Waals surface area contributed by atoms with Crippen LogP contribution >= 0.6 is 0 Å². The Bertz CT molecular complexity index is 411. The molecule has 0 unspecified atom stereocenters. The molecule has 1 aromatic rings. The first-order chi connectivity index (χ1) is 8.60. The van der Waals surface area contributed by atoms with E-state index in [9.17, 15) is 10.1 Å². The molecule has 0 spiro atoms. The lowest BCUT2D eigenvalue weighted by Gasteiger charge is -2.18. The van der Waals surface area contributed by atoms with Crippen molar-refractivity contribution in [3.63, 3.8) is 0 Å². The lowest BCUT2D eigenvalue weighted by Crippen LogP contribution is -2.23. The third kappa shape index (κ3) is 3.66. The molecule has 0 aliphatic heterocycles. The number of nitrogen functional groups attached to an aromatic ring is 1. The molecule has 0 heterocycles. The van der Waals surface area contributed by atoms with Crippen LogP contribution in [0.5, 0.6) is 0 Å². The van der Waals surface area contributed by atoms with E-state index in [1.165, 1.54) is 6.07 Å². The number of methoxy groups -OCH3 is 1. The van der Waals surface area contributed by atoms with Gasteiger partial charge in [0, 0.05) is 26.3 Å². The second kappa shape index (κ2) is 6.90. The van der Waals surface area contributed by atoms with Crippen molar-refractivity contribution in [3.8, 4) is 0 Å². The third-order valence-corrected chi connectivity index (χ3v) is 2.59. The van der Waals surface area contributed by atoms with E-state index in [0.717, 1.165) is 12.1 Å². The van der Waals surface area contributed by atoms with E-state index in [0.29, 0.717) is 18.8 Å². The summed E-state index contributed by atoms with van der Waals surface area (Å²) in [6.07, 6.45) is 0. The van der Waals surface area contributed by atoms with Crippen LogP contribution in [0.3, 0.4) is 0 Å². The van der Waals surface area contributed by atoms with Gasteiger partial charge in [-0.05, 0) is 12.6 Å². The van der Waals surface area contributed by atoms with E-state index in [-0.39, 0.29) is 5.69 Å². The van der Waals surface area contributed by atoms with Crippen molar-refractivity contribution in [1.29, 1.82) is 0 Å². The van der Waals surface area contributed by atoms with E-state index in [1.54, 1.807) is 13.2 Å². The average molecular weight is 254 g/mol. The summed E-state index contributed by atoms with van der Waals surface area (Å²) in [5, 5.41) is 10.9. The quantitative estimate of drug-likeness (QED) is 0.427. The third-order valence-electron chi connectivity index (χ3n) is 2.59. The van der Waals surface area contributed by atoms with Gasteiger partial charge in [-0.1, -0.05) is 12.1 Å². The van der Waals surface area contributed by atoms with Gasteiger partial charge < -0.3 is 10.2 Å². The minimum absolute atomic E-state index is 0.0184. The fraction of sp³-hybridized carbons (Fsp3) is 0.455. The van der Waals surface area contributed by atoms with Gasteiger partial charge in [0.15, 0.2) is 0 Å². The monoisotopic (exact) mass is 254 g/mol. The molecule has 0 aliphatic rings. The van der Waals surface area contributed by atoms with Crippen LogP contribution in [0, 0.1) is 10.1 Å². The number of likely N-dealkylation sites (N-methyl/N-ethyl adjacent to an activating group) is 1. The summed E-state index contributed by atoms with van der Waals surface area (Å²) in [6, 6.07) is 4.89. The second-order valence-electron chi connectivity index (χ2n) is 3.94. The maximum atomic E-state index is 10.9. The normalized spacial score (nSPS) is 10.7. The molecule has 0 saturated carbocycles. The first kappa shape index (κ1) is 14.4. The van der Waals surface area contributed by atoms with Crippen LogP contribution in [-0.4, -0.2) is 37.1 Å². The number of nitrogens with two attached hydrogens (primary N) is 1. The number of rotatable bonds is 7. The van der Waals surface area contributed by atoms with E-state index in [4.69, 9.17) is 10.6 Å². The van der Waals surface area contributed by atoms with Crippen LogP contribution in [0.2, 0.25) is 0 Å². The molecule has 0 aromatic heterocycles. The molecule has 1 rings (SSSR count). The number of nitrogens with zero attached hydrogens (tertiary/aromatic N) is 2. The van der Waals surface area contributed by atoms with Gasteiger partial charge in [-0.2, -0.15) is 0 Å². The molecular weight excluding hydrogens is 236 g/mol. The zero-order valence-corrected chi connectivity index (χ0v) is 10.5. The van der Waals surface area contributed by atoms with Crippen LogP contribution in [0.4, 0.5) is 11.4 Å². The Morgan fingerprint density at radius 3 is 2.83 bits per heavy atom. The summed E-state index contributed by atoms with van der Waals surface area (Å²) in [7, 11) is 3.55. The highest BCUT2D eigenvalue weighted by Gasteiger charge is 2.17. The number of anilines is 1. The molecule has 0 bridgehead atoms. The van der Waals surface area contributed by atoms with E-state index < -0.39 is 4.92 Å². The topological polar surface area (TPSA) is 93.7 Å². The molecule has 0 atom stereocenters. The Kier molecular flexibility index (Phi) is 5.50. The Hall–Kier alpha value is -1.70. The zero-order chi connectivity index (χ0) is 13.5. The van der Waals surface area contributed by atoms with Crippen LogP contribution in [0.25, 0.3) is 0 Å². The van der Waals surface area contributed by atoms with Crippen molar-refractivity contribution < 1.29 is 9.66 Å². The number of ether oxygens (including phenoxy) is 1. The summed E-state index contributed by atoms with van der Waals surface area (Å²) < 4.78 is 4.98. The van der Waals surface area contributed by atoms with Crippen molar-refractivity contribution in [2.75, 3.05) is 32.7 Å². The summed E-state index contributed by atoms with van der Waals surface area (Å²) >= 11 is 0. The molecule has 7 heteroatoms. The molecule has 0 fully saturated rings. The Balaban J connectivity index is 2.88. The number of hydrogen-bond acceptors (Lipinski definition) is 6. The molecule has 0 saturated heterocycles. The van der Waals surface area contributed by atoms with Crippen LogP contribution in [0.15, 0.2) is 18.2 Å². The molecule has 0 amide bonds. The smallest absolute Gasteiger partial charge is 0.293 e. The summed E-state index contributed by atoms with van der Waals surface area (Å²) in [5.74, 6) is 5.37. The number of benzene rings is 1. The number of nitro benzene ring substituents is 1. The Morgan fingerprint density at radius 2 is 2.28 bits per heavy atom. The molecular formula is C11H18N4O3. The van der Waals surface area contributed by atoms with Gasteiger partial charge in [0.1, 0.15) is 5.69 Å². The molecule has 1 aromatic carbocycles. The van der Waals surface area contributed by atoms with E-state index in [1.807, 2.05) is 18.0 Å². The molecule has 3 N–H and O–H groups in total. The summed E-state index contributed by atoms with van der Waals surface area (Å²) in [5.41, 5.74) is 3.53. The first-order valence-corrected chi connectivity index (χ1v) is 5.50. The average Bonchev–Trinajstić information content (AvgIpc) is 2.35. The van der Waals surface area contributed by atoms with Crippen molar-refractivity contribution in [2.45, 2.75) is 6.54 Å². The van der Waals surface area contributed by atoms with Crippen molar-refractivity contribution in [1.82, 2.24) is 4.90 Å². The fourth-order valence-electron chi connectivity index (χ4n) is 1.65. The molecule has 7 nitrogen and oxygen atoms in total. The molecule has 0 aliphatic carbocycles. The zero-order valence-electron chi connectivity index (χ0n) is 10.5. The fourth-order valence-corrected chi connectivity index (χ4v) is 1.65. The number of para-hydroxylation sites is 1. The highest BCUT2D eigenvalue weighted by atomic mass is 16.6. The SMILES string of the molecule is COCCN(C)Cc1cccc([N+](=O)[O-])c1NN. The van der Waals surface area contributed by atoms with Crippen LogP contribution in [0.1, 0.15) is 5.56 Å². The first-order valence-electron chi connectivity index (χ1n) is 5.50. The lowest BCUT2D eigenvalue weighted by atomic mass is 10.1. The minimum Gasteiger partial charge on any atom is -0.383 e. The van der Waals surface area contributed by atoms with Gasteiger partial charge >= 0.3 is 0 Å². The van der Waals surface area contributed by atoms with Crippen molar-refractivity contribution in [2.24, 2.45) is 5.84 Å². The molecule has 0 radical (unpaired) electrons. The Morgan fingerprint density at radius 1 is 1.56 bits per heavy atom. The van der Waals surface area contributed by atoms with Gasteiger partial charge in [0.05, 0.1) is 11.5 Å². The minimum atomic E-state index is -0.451. The van der Waals surface area contributed by atoms with E-state index in [2.05, 4.69) is 5.43 Å². The maximum absolute atomic E-state index is 10.9. The summed E-state index contributed by atoms with van der Waals surface area (Å²) in [4.78, 5) is 12.4. The van der Waals surface area contributed by atoms with Crippen LogP contribution < -0.4 is 11.3 Å². The lowest BCUT2D eigenvalue weighted by molar-refractivity contribution is -0.384. The number of hydrogen-bond donors (Lipinski definition) is 2. The van der Waals surface area contributed by atoms with Gasteiger partial charge in [-0.15, -0.1) is 0 Å². The molecule has 100 valence electrons. The van der Waals surface area contributed by atoms with Gasteiger partial charge in [-0.25, -0.2) is 0 Å². The van der Waals surface area contributed by atoms with Crippen LogP contribution in [-0.2, 0) is 11.3 Å². The largest absolute Gasteiger partial charge is 0.383 e. The Labute approximate surface area is 106 Å². The van der Waals surface area contributed by atoms with Gasteiger partial charge in [-0.3, -0.25) is 20.9 Å². The molecule has 18 heavy (non-hydrogen) atoms. The second-order valence-corrected chi connectivity index (χ2v) is 3.94. The van der Waals surface area contributed by atoms with E-state index >= 15 is 0 Å². The predicted molar refractivity (Wildman–Crippen MR) is 69.1 cm³/mol. The number of nitrogens with one attached hydrogen (secondary N) is 1. The predicted octanol–water partition coefficient (Wildman–Crippen LogP) is 0.959. The van der Waals surface area contributed by atoms with Crippen molar-refractivity contribution in [3.05, 3.63) is 33.9 Å². The van der Waals surface area contributed by atoms with Gasteiger partial charge in [0.25, 0.3) is 5.69 Å². The van der Waals surface area contributed by atoms with Crippen molar-refractivity contribution >= 4 is 11.4 Å². The van der Waals surface area contributed by atoms with Gasteiger partial charge in [0.2, 0.25) is 0 Å². The summed E-state index contributed by atoms with van der Waals surface area (Å²) in [6.45, 7) is 1.91. The maximum Gasteiger partial charge on any atom is 0.293 e.